The highest BCUT2D eigenvalue weighted by atomic mass is 35.5. The third kappa shape index (κ3) is 3.48. The Hall–Kier alpha value is -0.720. The molecule has 2 rings (SSSR count). The van der Waals surface area contributed by atoms with E-state index in [2.05, 4.69) is 9.71 Å². The van der Waals surface area contributed by atoms with Crippen molar-refractivity contribution in [3.05, 3.63) is 50.7 Å². The molecule has 0 bridgehead atoms. The quantitative estimate of drug-likeness (QED) is 0.808. The van der Waals surface area contributed by atoms with Gasteiger partial charge in [-0.25, -0.2) is 13.4 Å². The number of pyridine rings is 1. The molecule has 0 aliphatic heterocycles. The Morgan fingerprint density at radius 3 is 2.35 bits per heavy atom. The average Bonchev–Trinajstić information content (AvgIpc) is 2.36. The average molecular weight is 372 g/mol. The maximum Gasteiger partial charge on any atom is 0.263 e. The van der Waals surface area contributed by atoms with Crippen LogP contribution in [0.5, 0.6) is 0 Å². The van der Waals surface area contributed by atoms with Crippen LogP contribution in [0.4, 0.5) is 5.69 Å². The molecular formula is C11H6Cl4N2O2S. The molecule has 4 nitrogen and oxygen atoms in total. The number of nitrogens with zero attached hydrogens (tertiary/aromatic N) is 1. The standard InChI is InChI=1S/C11H6Cl4N2O2S/c12-6-1-2-8(13)10(3-6)17-20(18,19)7-4-9(14)11(15)16-5-7/h1-5,17H. The van der Waals surface area contributed by atoms with Gasteiger partial charge in [0.1, 0.15) is 10.0 Å². The van der Waals surface area contributed by atoms with Gasteiger partial charge in [-0.15, -0.1) is 0 Å². The first-order chi connectivity index (χ1) is 9.29. The lowest BCUT2D eigenvalue weighted by atomic mass is 10.3. The van der Waals surface area contributed by atoms with E-state index in [4.69, 9.17) is 46.4 Å². The van der Waals surface area contributed by atoms with Gasteiger partial charge < -0.3 is 0 Å². The lowest BCUT2D eigenvalue weighted by Crippen LogP contribution is -2.13. The fraction of sp³-hybridized carbons (Fsp3) is 0. The van der Waals surface area contributed by atoms with Gasteiger partial charge >= 0.3 is 0 Å². The molecule has 0 aliphatic rings. The number of sulfonamides is 1. The highest BCUT2D eigenvalue weighted by Crippen LogP contribution is 2.29. The van der Waals surface area contributed by atoms with Crippen LogP contribution in [0.2, 0.25) is 20.2 Å². The van der Waals surface area contributed by atoms with Gasteiger partial charge in [0.25, 0.3) is 10.0 Å². The molecule has 0 atom stereocenters. The Morgan fingerprint density at radius 2 is 1.70 bits per heavy atom. The van der Waals surface area contributed by atoms with E-state index in [0.29, 0.717) is 5.02 Å². The fourth-order valence-corrected chi connectivity index (χ4v) is 3.10. The van der Waals surface area contributed by atoms with E-state index in [0.717, 1.165) is 6.20 Å². The lowest BCUT2D eigenvalue weighted by Gasteiger charge is -2.10. The molecule has 0 unspecified atom stereocenters. The molecule has 0 spiro atoms. The number of hydrogen-bond donors (Lipinski definition) is 1. The number of halogens is 4. The molecule has 0 radical (unpaired) electrons. The zero-order valence-corrected chi connectivity index (χ0v) is 13.4. The van der Waals surface area contributed by atoms with Crippen molar-refractivity contribution in [2.24, 2.45) is 0 Å². The molecule has 9 heteroatoms. The van der Waals surface area contributed by atoms with Crippen LogP contribution in [0.25, 0.3) is 0 Å². The molecule has 1 aromatic heterocycles. The summed E-state index contributed by atoms with van der Waals surface area (Å²) in [5, 5.41) is 0.614. The van der Waals surface area contributed by atoms with E-state index >= 15 is 0 Å². The summed E-state index contributed by atoms with van der Waals surface area (Å²) >= 11 is 23.1. The SMILES string of the molecule is O=S(=O)(Nc1cc(Cl)ccc1Cl)c1cnc(Cl)c(Cl)c1. The van der Waals surface area contributed by atoms with Gasteiger partial charge in [-0.1, -0.05) is 46.4 Å². The molecule has 20 heavy (non-hydrogen) atoms. The first-order valence-electron chi connectivity index (χ1n) is 5.08. The molecule has 0 fully saturated rings. The van der Waals surface area contributed by atoms with E-state index in [1.807, 2.05) is 0 Å². The van der Waals surface area contributed by atoms with Crippen LogP contribution in [0.15, 0.2) is 35.4 Å². The highest BCUT2D eigenvalue weighted by Gasteiger charge is 2.18. The van der Waals surface area contributed by atoms with Crippen molar-refractivity contribution in [3.63, 3.8) is 0 Å². The molecule has 0 aliphatic carbocycles. The van der Waals surface area contributed by atoms with E-state index in [1.54, 1.807) is 6.07 Å². The Labute approximate surface area is 135 Å². The molecule has 0 saturated heterocycles. The first kappa shape index (κ1) is 15.7. The third-order valence-corrected chi connectivity index (χ3v) is 4.84. The molecule has 106 valence electrons. The Morgan fingerprint density at radius 1 is 1.00 bits per heavy atom. The summed E-state index contributed by atoms with van der Waals surface area (Å²) in [6.07, 6.45) is 1.09. The number of aromatic nitrogens is 1. The smallest absolute Gasteiger partial charge is 0.263 e. The van der Waals surface area contributed by atoms with Gasteiger partial charge in [0.15, 0.2) is 0 Å². The highest BCUT2D eigenvalue weighted by molar-refractivity contribution is 7.92. The predicted octanol–water partition coefficient (Wildman–Crippen LogP) is 4.50. The lowest BCUT2D eigenvalue weighted by molar-refractivity contribution is 0.601. The zero-order valence-electron chi connectivity index (χ0n) is 9.57. The van der Waals surface area contributed by atoms with Crippen molar-refractivity contribution in [2.45, 2.75) is 4.90 Å². The second kappa shape index (κ2) is 5.95. The van der Waals surface area contributed by atoms with Crippen LogP contribution in [0.3, 0.4) is 0 Å². The Kier molecular flexibility index (Phi) is 4.66. The van der Waals surface area contributed by atoms with Crippen LogP contribution >= 0.6 is 46.4 Å². The number of hydrogen-bond acceptors (Lipinski definition) is 3. The van der Waals surface area contributed by atoms with Crippen molar-refractivity contribution in [1.82, 2.24) is 4.98 Å². The summed E-state index contributed by atoms with van der Waals surface area (Å²) in [5.41, 5.74) is 0.158. The molecule has 0 amide bonds. The minimum atomic E-state index is -3.89. The summed E-state index contributed by atoms with van der Waals surface area (Å²) in [4.78, 5) is 3.55. The normalized spacial score (nSPS) is 11.4. The van der Waals surface area contributed by atoms with Gasteiger partial charge in [0.05, 0.1) is 15.7 Å². The number of anilines is 1. The fourth-order valence-electron chi connectivity index (χ4n) is 1.33. The van der Waals surface area contributed by atoms with E-state index in [9.17, 15) is 8.42 Å². The van der Waals surface area contributed by atoms with Crippen molar-refractivity contribution in [2.75, 3.05) is 4.72 Å². The predicted molar refractivity (Wildman–Crippen MR) is 81.5 cm³/mol. The molecule has 2 aromatic rings. The van der Waals surface area contributed by atoms with Crippen LogP contribution in [0.1, 0.15) is 0 Å². The molecule has 0 saturated carbocycles. The summed E-state index contributed by atoms with van der Waals surface area (Å²) in [5.74, 6) is 0. The molecule has 1 aromatic carbocycles. The van der Waals surface area contributed by atoms with E-state index in [1.165, 1.54) is 18.2 Å². The van der Waals surface area contributed by atoms with E-state index in [-0.39, 0.29) is 25.8 Å². The molecule has 1 heterocycles. The van der Waals surface area contributed by atoms with Gasteiger partial charge in [-0.2, -0.15) is 0 Å². The Bertz CT molecular complexity index is 765. The molecular weight excluding hydrogens is 366 g/mol. The second-order valence-corrected chi connectivity index (χ2v) is 6.96. The van der Waals surface area contributed by atoms with Gasteiger partial charge in [0.2, 0.25) is 0 Å². The monoisotopic (exact) mass is 370 g/mol. The van der Waals surface area contributed by atoms with Gasteiger partial charge in [-0.05, 0) is 24.3 Å². The number of rotatable bonds is 3. The van der Waals surface area contributed by atoms with Crippen molar-refractivity contribution in [3.8, 4) is 0 Å². The zero-order chi connectivity index (χ0) is 14.9. The molecule has 1 N–H and O–H groups in total. The largest absolute Gasteiger partial charge is 0.278 e. The minimum absolute atomic E-state index is 0.0198. The summed E-state index contributed by atoms with van der Waals surface area (Å²) < 4.78 is 26.7. The second-order valence-electron chi connectivity index (χ2n) is 3.67. The summed E-state index contributed by atoms with van der Waals surface area (Å²) in [6, 6.07) is 5.61. The summed E-state index contributed by atoms with van der Waals surface area (Å²) in [6.45, 7) is 0. The maximum absolute atomic E-state index is 12.2. The van der Waals surface area contributed by atoms with Crippen LogP contribution in [-0.4, -0.2) is 13.4 Å². The van der Waals surface area contributed by atoms with Gasteiger partial charge in [-0.3, -0.25) is 4.72 Å². The first-order valence-corrected chi connectivity index (χ1v) is 8.08. The maximum atomic E-state index is 12.2. The topological polar surface area (TPSA) is 59.1 Å². The van der Waals surface area contributed by atoms with Crippen LogP contribution < -0.4 is 4.72 Å². The summed E-state index contributed by atoms with van der Waals surface area (Å²) in [7, 11) is -3.89. The van der Waals surface area contributed by atoms with Crippen molar-refractivity contribution in [1.29, 1.82) is 0 Å². The third-order valence-electron chi connectivity index (χ3n) is 2.25. The minimum Gasteiger partial charge on any atom is -0.278 e. The van der Waals surface area contributed by atoms with Crippen LogP contribution in [-0.2, 0) is 10.0 Å². The van der Waals surface area contributed by atoms with Gasteiger partial charge in [0, 0.05) is 11.2 Å². The van der Waals surface area contributed by atoms with E-state index < -0.39 is 10.0 Å². The number of benzene rings is 1. The van der Waals surface area contributed by atoms with Crippen molar-refractivity contribution >= 4 is 62.1 Å². The van der Waals surface area contributed by atoms with Crippen molar-refractivity contribution < 1.29 is 8.42 Å². The number of nitrogens with one attached hydrogen (secondary N) is 1. The Balaban J connectivity index is 2.40. The van der Waals surface area contributed by atoms with Crippen LogP contribution in [0, 0.1) is 0 Å².